The highest BCUT2D eigenvalue weighted by molar-refractivity contribution is 5.74. The summed E-state index contributed by atoms with van der Waals surface area (Å²) in [6, 6.07) is -4.04. The van der Waals surface area contributed by atoms with Crippen LogP contribution in [-0.4, -0.2) is 148 Å². The Hall–Kier alpha value is -2.32. The van der Waals surface area contributed by atoms with Crippen molar-refractivity contribution < 1.29 is 68.8 Å². The van der Waals surface area contributed by atoms with Crippen molar-refractivity contribution in [1.29, 1.82) is 0 Å². The summed E-state index contributed by atoms with van der Waals surface area (Å²) in [4.78, 5) is 46.8. The number of hydrogen-bond donors (Lipinski definition) is 9. The number of nitrogens with one attached hydrogen (secondary N) is 3. The van der Waals surface area contributed by atoms with Crippen molar-refractivity contribution >= 4 is 24.0 Å². The minimum atomic E-state index is -1.73. The molecule has 17 heteroatoms. The van der Waals surface area contributed by atoms with E-state index in [0.717, 1.165) is 20.8 Å². The van der Waals surface area contributed by atoms with E-state index in [1.165, 1.54) is 0 Å². The molecule has 2 rings (SSSR count). The Morgan fingerprint density at radius 3 is 1.82 bits per heavy atom. The van der Waals surface area contributed by atoms with Crippen LogP contribution in [0.2, 0.25) is 0 Å². The molecular formula is C22H37N3O14. The van der Waals surface area contributed by atoms with Gasteiger partial charge in [0, 0.05) is 20.8 Å². The van der Waals surface area contributed by atoms with Crippen LogP contribution in [0.25, 0.3) is 0 Å². The van der Waals surface area contributed by atoms with Crippen molar-refractivity contribution in [3.8, 4) is 0 Å². The molecule has 0 radical (unpaired) electrons. The Bertz CT molecular complexity index is 849. The summed E-state index contributed by atoms with van der Waals surface area (Å²) in [7, 11) is 0. The number of carbonyl (C=O) groups excluding carboxylic acids is 4. The first-order valence-electron chi connectivity index (χ1n) is 12.1. The van der Waals surface area contributed by atoms with Gasteiger partial charge in [-0.25, -0.2) is 0 Å². The summed E-state index contributed by atoms with van der Waals surface area (Å²) in [6.07, 6.45) is -13.7. The second-order valence-corrected chi connectivity index (χ2v) is 9.20. The van der Waals surface area contributed by atoms with Crippen LogP contribution in [0.15, 0.2) is 0 Å². The summed E-state index contributed by atoms with van der Waals surface area (Å²) >= 11 is 0. The van der Waals surface area contributed by atoms with Gasteiger partial charge in [0.15, 0.2) is 18.9 Å². The molecule has 2 fully saturated rings. The van der Waals surface area contributed by atoms with Gasteiger partial charge in [-0.05, 0) is 0 Å². The zero-order chi connectivity index (χ0) is 29.4. The van der Waals surface area contributed by atoms with Gasteiger partial charge in [0.1, 0.15) is 54.8 Å². The molecule has 39 heavy (non-hydrogen) atoms. The van der Waals surface area contributed by atoms with E-state index < -0.39 is 111 Å². The third-order valence-corrected chi connectivity index (χ3v) is 6.17. The summed E-state index contributed by atoms with van der Waals surface area (Å²) in [6.45, 7) is 1.14. The molecule has 2 saturated heterocycles. The average Bonchev–Trinajstić information content (AvgIpc) is 2.87. The number of ether oxygens (including phenoxy) is 4. The maximum absolute atomic E-state index is 11.9. The van der Waals surface area contributed by atoms with Crippen LogP contribution in [0, 0.1) is 0 Å². The van der Waals surface area contributed by atoms with E-state index in [0.29, 0.717) is 0 Å². The number of aliphatic hydroxyl groups is 6. The first-order chi connectivity index (χ1) is 18.4. The van der Waals surface area contributed by atoms with Gasteiger partial charge in [-0.3, -0.25) is 14.4 Å². The summed E-state index contributed by atoms with van der Waals surface area (Å²) in [5.74, 6) is -1.87. The van der Waals surface area contributed by atoms with Crippen LogP contribution in [-0.2, 0) is 38.1 Å². The number of carbonyl (C=O) groups is 4. The zero-order valence-electron chi connectivity index (χ0n) is 21.6. The molecule has 3 amide bonds. The smallest absolute Gasteiger partial charge is 0.217 e. The number of aliphatic hydroxyl groups excluding tert-OH is 6. The lowest BCUT2D eigenvalue weighted by molar-refractivity contribution is -0.335. The fourth-order valence-corrected chi connectivity index (χ4v) is 4.35. The lowest BCUT2D eigenvalue weighted by Crippen LogP contribution is -2.69. The maximum atomic E-state index is 11.9. The lowest BCUT2D eigenvalue weighted by atomic mass is 9.94. The van der Waals surface area contributed by atoms with E-state index in [4.69, 9.17) is 18.9 Å². The highest BCUT2D eigenvalue weighted by Crippen LogP contribution is 2.30. The van der Waals surface area contributed by atoms with Crippen LogP contribution in [0.4, 0.5) is 0 Å². The van der Waals surface area contributed by atoms with E-state index in [9.17, 15) is 49.8 Å². The summed E-state index contributed by atoms with van der Waals surface area (Å²) < 4.78 is 22.6. The average molecular weight is 568 g/mol. The van der Waals surface area contributed by atoms with Crippen molar-refractivity contribution in [1.82, 2.24) is 16.0 Å². The first-order valence-corrected chi connectivity index (χ1v) is 12.1. The predicted octanol–water partition coefficient (Wildman–Crippen LogP) is -6.02. The van der Waals surface area contributed by atoms with Crippen molar-refractivity contribution in [2.75, 3.05) is 19.8 Å². The van der Waals surface area contributed by atoms with Crippen LogP contribution in [0.3, 0.4) is 0 Å². The molecule has 0 unspecified atom stereocenters. The monoisotopic (exact) mass is 567 g/mol. The second-order valence-electron chi connectivity index (χ2n) is 9.20. The Morgan fingerprint density at radius 2 is 1.36 bits per heavy atom. The van der Waals surface area contributed by atoms with Crippen LogP contribution < -0.4 is 16.0 Å². The fourth-order valence-electron chi connectivity index (χ4n) is 4.35. The molecule has 0 aromatic heterocycles. The molecule has 17 nitrogen and oxygen atoms in total. The molecule has 0 saturated carbocycles. The summed E-state index contributed by atoms with van der Waals surface area (Å²) in [5, 5.41) is 68.1. The van der Waals surface area contributed by atoms with Gasteiger partial charge in [0.25, 0.3) is 0 Å². The van der Waals surface area contributed by atoms with Gasteiger partial charge in [-0.15, -0.1) is 0 Å². The van der Waals surface area contributed by atoms with Crippen molar-refractivity contribution in [2.45, 2.75) is 94.2 Å². The molecule has 0 aliphatic carbocycles. The maximum Gasteiger partial charge on any atom is 0.217 e. The largest absolute Gasteiger partial charge is 0.394 e. The molecule has 0 aromatic carbocycles. The number of amides is 3. The van der Waals surface area contributed by atoms with E-state index in [2.05, 4.69) is 16.0 Å². The molecule has 9 N–H and O–H groups in total. The van der Waals surface area contributed by atoms with Gasteiger partial charge < -0.3 is 70.3 Å². The van der Waals surface area contributed by atoms with Gasteiger partial charge in [-0.2, -0.15) is 0 Å². The normalized spacial score (nSPS) is 36.3. The minimum Gasteiger partial charge on any atom is -0.394 e. The number of aldehydes is 1. The molecule has 0 aromatic rings. The third kappa shape index (κ3) is 8.34. The Morgan fingerprint density at radius 1 is 0.821 bits per heavy atom. The van der Waals surface area contributed by atoms with Crippen molar-refractivity contribution in [3.05, 3.63) is 0 Å². The quantitative estimate of drug-likeness (QED) is 0.0994. The Labute approximate surface area is 223 Å². The van der Waals surface area contributed by atoms with Crippen LogP contribution in [0.5, 0.6) is 0 Å². The molecule has 0 bridgehead atoms. The van der Waals surface area contributed by atoms with E-state index in [1.807, 2.05) is 0 Å². The highest BCUT2D eigenvalue weighted by Gasteiger charge is 2.52. The molecule has 2 aliphatic rings. The molecule has 12 atom stereocenters. The molecule has 224 valence electrons. The third-order valence-electron chi connectivity index (χ3n) is 6.17. The standard InChI is InChI=1S/C22H37N3O14/c1-8(30)23-11(4-26)12(5-27)36-21-16(25-10(3)32)19(35)20(14(7-29)38-21)39-22-15(24-9(2)31)18(34)17(33)13(6-28)37-22/h5,11-22,26,28-29,33-35H,4,6-7H2,1-3H3,(H,23,30)(H,24,31)(H,25,32)/t11-,12-,13-,14+,15-,16+,17+,18-,19+,20+,21+,22+/m1/s1. The predicted molar refractivity (Wildman–Crippen MR) is 125 cm³/mol. The topological polar surface area (TPSA) is 263 Å². The number of rotatable bonds is 12. The molecule has 0 spiro atoms. The Kier molecular flexibility index (Phi) is 12.6. The zero-order valence-corrected chi connectivity index (χ0v) is 21.6. The molecular weight excluding hydrogens is 530 g/mol. The van der Waals surface area contributed by atoms with Crippen molar-refractivity contribution in [3.63, 3.8) is 0 Å². The van der Waals surface area contributed by atoms with Gasteiger partial charge in [0.05, 0.1) is 25.9 Å². The lowest BCUT2D eigenvalue weighted by Gasteiger charge is -2.48. The van der Waals surface area contributed by atoms with Gasteiger partial charge in [0.2, 0.25) is 17.7 Å². The van der Waals surface area contributed by atoms with Crippen molar-refractivity contribution in [2.24, 2.45) is 0 Å². The van der Waals surface area contributed by atoms with Gasteiger partial charge in [-0.1, -0.05) is 0 Å². The minimum absolute atomic E-state index is 0.267. The van der Waals surface area contributed by atoms with Gasteiger partial charge >= 0.3 is 0 Å². The highest BCUT2D eigenvalue weighted by atomic mass is 16.7. The van der Waals surface area contributed by atoms with E-state index in [1.54, 1.807) is 0 Å². The number of hydrogen-bond acceptors (Lipinski definition) is 14. The second kappa shape index (κ2) is 14.9. The SMILES string of the molecule is CC(=O)N[C@@H]1[C@@H](O[C@H](C=O)[C@@H](CO)NC(C)=O)O[C@@H](CO)[C@H](O[C@@H]2O[C@H](CO)[C@H](O)[C@H](O)[C@H]2NC(C)=O)[C@H]1O. The molecule has 2 aliphatic heterocycles. The molecule has 2 heterocycles. The van der Waals surface area contributed by atoms with E-state index in [-0.39, 0.29) is 6.29 Å². The van der Waals surface area contributed by atoms with E-state index >= 15 is 0 Å². The first kappa shape index (κ1) is 32.9. The van der Waals surface area contributed by atoms with Crippen LogP contribution in [0.1, 0.15) is 20.8 Å². The fraction of sp³-hybridized carbons (Fsp3) is 0.818. The summed E-state index contributed by atoms with van der Waals surface area (Å²) in [5.41, 5.74) is 0. The van der Waals surface area contributed by atoms with Crippen LogP contribution >= 0.6 is 0 Å². The Balaban J connectivity index is 2.35.